The molecule has 1 heterocycles. The lowest BCUT2D eigenvalue weighted by Gasteiger charge is -2.23. The second-order valence-electron chi connectivity index (χ2n) is 2.39. The molecule has 2 nitrogen and oxygen atoms in total. The van der Waals surface area contributed by atoms with Crippen LogP contribution >= 0.6 is 11.8 Å². The third-order valence-corrected chi connectivity index (χ3v) is 2.76. The van der Waals surface area contributed by atoms with Crippen LogP contribution in [0.15, 0.2) is 0 Å². The number of amides is 1. The van der Waals surface area contributed by atoms with Gasteiger partial charge in [-0.3, -0.25) is 4.79 Å². The molecular formula is C6H11NOS. The van der Waals surface area contributed by atoms with Gasteiger partial charge >= 0.3 is 0 Å². The van der Waals surface area contributed by atoms with Gasteiger partial charge in [0.2, 0.25) is 5.91 Å². The Hall–Kier alpha value is -0.180. The fourth-order valence-corrected chi connectivity index (χ4v) is 1.65. The topological polar surface area (TPSA) is 29.1 Å². The Labute approximate surface area is 59.4 Å². The minimum Gasteiger partial charge on any atom is -0.352 e. The van der Waals surface area contributed by atoms with Crippen LogP contribution in [-0.2, 0) is 4.79 Å². The number of hydrogen-bond donors (Lipinski definition) is 1. The van der Waals surface area contributed by atoms with Crippen molar-refractivity contribution in [1.29, 1.82) is 0 Å². The smallest absolute Gasteiger partial charge is 0.233 e. The fourth-order valence-electron chi connectivity index (χ4n) is 0.766. The third-order valence-electron chi connectivity index (χ3n) is 1.35. The molecule has 3 heteroatoms. The van der Waals surface area contributed by atoms with Crippen LogP contribution in [0.25, 0.3) is 0 Å². The molecule has 1 N–H and O–H groups in total. The summed E-state index contributed by atoms with van der Waals surface area (Å²) in [7, 11) is 0. The zero-order chi connectivity index (χ0) is 6.85. The van der Waals surface area contributed by atoms with Crippen LogP contribution in [0.1, 0.15) is 13.8 Å². The predicted molar refractivity (Wildman–Crippen MR) is 39.5 cm³/mol. The summed E-state index contributed by atoms with van der Waals surface area (Å²) in [5.74, 6) is 1.23. The molecule has 1 rings (SSSR count). The maximum Gasteiger partial charge on any atom is 0.233 e. The van der Waals surface area contributed by atoms with Crippen molar-refractivity contribution >= 4 is 17.7 Å². The van der Waals surface area contributed by atoms with Crippen LogP contribution in [0, 0.1) is 0 Å². The van der Waals surface area contributed by atoms with Crippen LogP contribution in [0.2, 0.25) is 0 Å². The van der Waals surface area contributed by atoms with E-state index in [9.17, 15) is 4.79 Å². The SMILES string of the molecule is C[C@H]1CS[C@H](C)C(=O)N1. The van der Waals surface area contributed by atoms with E-state index in [-0.39, 0.29) is 11.2 Å². The molecule has 1 saturated heterocycles. The van der Waals surface area contributed by atoms with Crippen molar-refractivity contribution in [2.75, 3.05) is 5.75 Å². The van der Waals surface area contributed by atoms with Crippen molar-refractivity contribution in [3.05, 3.63) is 0 Å². The van der Waals surface area contributed by atoms with E-state index in [0.29, 0.717) is 6.04 Å². The second-order valence-corrected chi connectivity index (χ2v) is 3.76. The molecule has 0 aromatic rings. The summed E-state index contributed by atoms with van der Waals surface area (Å²) < 4.78 is 0. The van der Waals surface area contributed by atoms with Gasteiger partial charge in [0, 0.05) is 11.8 Å². The highest BCUT2D eigenvalue weighted by molar-refractivity contribution is 8.00. The molecule has 0 bridgehead atoms. The minimum atomic E-state index is 0.154. The fraction of sp³-hybridized carbons (Fsp3) is 0.833. The minimum absolute atomic E-state index is 0.154. The number of rotatable bonds is 0. The molecule has 1 amide bonds. The van der Waals surface area contributed by atoms with Crippen molar-refractivity contribution in [3.8, 4) is 0 Å². The summed E-state index contributed by atoms with van der Waals surface area (Å²) in [5.41, 5.74) is 0. The molecule has 2 atom stereocenters. The Kier molecular flexibility index (Phi) is 2.01. The van der Waals surface area contributed by atoms with Crippen molar-refractivity contribution in [3.63, 3.8) is 0 Å². The van der Waals surface area contributed by atoms with E-state index in [1.54, 1.807) is 11.8 Å². The normalized spacial score (nSPS) is 36.0. The van der Waals surface area contributed by atoms with E-state index in [4.69, 9.17) is 0 Å². The number of carbonyl (C=O) groups excluding carboxylic acids is 1. The Balaban J connectivity index is 2.44. The summed E-state index contributed by atoms with van der Waals surface area (Å²) >= 11 is 1.72. The van der Waals surface area contributed by atoms with Crippen molar-refractivity contribution in [2.45, 2.75) is 25.1 Å². The Morgan fingerprint density at radius 3 is 2.78 bits per heavy atom. The van der Waals surface area contributed by atoms with Crippen LogP contribution in [-0.4, -0.2) is 23.0 Å². The van der Waals surface area contributed by atoms with Gasteiger partial charge in [0.05, 0.1) is 5.25 Å². The molecule has 0 aromatic heterocycles. The Morgan fingerprint density at radius 2 is 2.33 bits per heavy atom. The molecule has 1 aliphatic heterocycles. The maximum atomic E-state index is 10.9. The van der Waals surface area contributed by atoms with Crippen LogP contribution in [0.5, 0.6) is 0 Å². The Morgan fingerprint density at radius 1 is 1.67 bits per heavy atom. The van der Waals surface area contributed by atoms with Crippen molar-refractivity contribution in [2.24, 2.45) is 0 Å². The molecule has 1 aliphatic rings. The number of hydrogen-bond acceptors (Lipinski definition) is 2. The molecule has 0 saturated carbocycles. The van der Waals surface area contributed by atoms with Gasteiger partial charge in [-0.1, -0.05) is 0 Å². The Bertz CT molecular complexity index is 126. The number of carbonyl (C=O) groups is 1. The van der Waals surface area contributed by atoms with E-state index in [0.717, 1.165) is 5.75 Å². The van der Waals surface area contributed by atoms with E-state index >= 15 is 0 Å². The third kappa shape index (κ3) is 1.61. The molecule has 9 heavy (non-hydrogen) atoms. The quantitative estimate of drug-likeness (QED) is 0.541. The first kappa shape index (κ1) is 6.93. The van der Waals surface area contributed by atoms with E-state index in [2.05, 4.69) is 5.32 Å². The first-order valence-electron chi connectivity index (χ1n) is 3.12. The molecule has 0 radical (unpaired) electrons. The summed E-state index contributed by atoms with van der Waals surface area (Å²) in [6.45, 7) is 3.96. The van der Waals surface area contributed by atoms with Crippen LogP contribution in [0.3, 0.4) is 0 Å². The molecule has 52 valence electrons. The summed E-state index contributed by atoms with van der Waals surface area (Å²) in [6.07, 6.45) is 0. The summed E-state index contributed by atoms with van der Waals surface area (Å²) in [5, 5.41) is 3.02. The van der Waals surface area contributed by atoms with Crippen LogP contribution in [0.4, 0.5) is 0 Å². The van der Waals surface area contributed by atoms with Gasteiger partial charge in [0.25, 0.3) is 0 Å². The largest absolute Gasteiger partial charge is 0.352 e. The van der Waals surface area contributed by atoms with Crippen molar-refractivity contribution in [1.82, 2.24) is 5.32 Å². The van der Waals surface area contributed by atoms with Gasteiger partial charge in [-0.25, -0.2) is 0 Å². The monoisotopic (exact) mass is 145 g/mol. The average molecular weight is 145 g/mol. The van der Waals surface area contributed by atoms with Crippen LogP contribution < -0.4 is 5.32 Å². The standard InChI is InChI=1S/C6H11NOS/c1-4-3-9-5(2)6(8)7-4/h4-5H,3H2,1-2H3,(H,7,8)/t4-,5+/m0/s1. The first-order chi connectivity index (χ1) is 4.20. The molecule has 0 aliphatic carbocycles. The molecule has 0 unspecified atom stereocenters. The van der Waals surface area contributed by atoms with Crippen molar-refractivity contribution < 1.29 is 4.79 Å². The molecular weight excluding hydrogens is 134 g/mol. The number of nitrogens with one attached hydrogen (secondary N) is 1. The lowest BCUT2D eigenvalue weighted by molar-refractivity contribution is -0.121. The average Bonchev–Trinajstić information content (AvgIpc) is 1.80. The van der Waals surface area contributed by atoms with Gasteiger partial charge in [0.1, 0.15) is 0 Å². The first-order valence-corrected chi connectivity index (χ1v) is 4.17. The maximum absolute atomic E-state index is 10.9. The van der Waals surface area contributed by atoms with E-state index < -0.39 is 0 Å². The van der Waals surface area contributed by atoms with Gasteiger partial charge in [0.15, 0.2) is 0 Å². The highest BCUT2D eigenvalue weighted by atomic mass is 32.2. The van der Waals surface area contributed by atoms with Gasteiger partial charge in [-0.15, -0.1) is 11.8 Å². The lowest BCUT2D eigenvalue weighted by atomic mass is 10.3. The second kappa shape index (κ2) is 2.60. The van der Waals surface area contributed by atoms with Gasteiger partial charge < -0.3 is 5.32 Å². The van der Waals surface area contributed by atoms with Gasteiger partial charge in [-0.2, -0.15) is 0 Å². The van der Waals surface area contributed by atoms with Gasteiger partial charge in [-0.05, 0) is 13.8 Å². The highest BCUT2D eigenvalue weighted by Crippen LogP contribution is 2.16. The lowest BCUT2D eigenvalue weighted by Crippen LogP contribution is -2.43. The molecule has 0 spiro atoms. The molecule has 1 fully saturated rings. The summed E-state index contributed by atoms with van der Waals surface area (Å²) in [6, 6.07) is 0.360. The van der Waals surface area contributed by atoms with E-state index in [1.807, 2.05) is 13.8 Å². The number of thioether (sulfide) groups is 1. The highest BCUT2D eigenvalue weighted by Gasteiger charge is 2.21. The zero-order valence-corrected chi connectivity index (χ0v) is 6.49. The predicted octanol–water partition coefficient (Wildman–Crippen LogP) is 0.626. The molecule has 0 aromatic carbocycles. The zero-order valence-electron chi connectivity index (χ0n) is 5.68. The van der Waals surface area contributed by atoms with E-state index in [1.165, 1.54) is 0 Å². The summed E-state index contributed by atoms with van der Waals surface area (Å²) in [4.78, 5) is 10.9.